The van der Waals surface area contributed by atoms with E-state index < -0.39 is 11.6 Å². The summed E-state index contributed by atoms with van der Waals surface area (Å²) in [4.78, 5) is 12.4. The summed E-state index contributed by atoms with van der Waals surface area (Å²) in [6.45, 7) is 3.74. The maximum atomic E-state index is 14.0. The molecule has 0 radical (unpaired) electrons. The van der Waals surface area contributed by atoms with E-state index in [2.05, 4.69) is 21.0 Å². The number of carbonyl (C=O) groups excluding carboxylic acids is 1. The molecule has 0 aliphatic carbocycles. The third kappa shape index (κ3) is 2.58. The molecular formula is C13H11BrClFN2O. The minimum absolute atomic E-state index is 0.0290. The predicted octanol–water partition coefficient (Wildman–Crippen LogP) is 4.25. The van der Waals surface area contributed by atoms with Gasteiger partial charge in [-0.1, -0.05) is 17.7 Å². The van der Waals surface area contributed by atoms with Crippen LogP contribution in [-0.2, 0) is 0 Å². The van der Waals surface area contributed by atoms with Gasteiger partial charge in [0.25, 0.3) is 0 Å². The third-order valence-corrected chi connectivity index (χ3v) is 3.54. The van der Waals surface area contributed by atoms with Crippen LogP contribution in [0.5, 0.6) is 0 Å². The molecule has 0 aliphatic heterocycles. The van der Waals surface area contributed by atoms with Gasteiger partial charge in [0.15, 0.2) is 0 Å². The van der Waals surface area contributed by atoms with Crippen molar-refractivity contribution in [2.24, 2.45) is 0 Å². The van der Waals surface area contributed by atoms with Crippen molar-refractivity contribution in [3.63, 3.8) is 0 Å². The molecule has 2 aromatic rings. The summed E-state index contributed by atoms with van der Waals surface area (Å²) in [6.07, 6.45) is 1.39. The van der Waals surface area contributed by atoms with Crippen molar-refractivity contribution in [1.82, 2.24) is 9.78 Å². The number of ketones is 1. The predicted molar refractivity (Wildman–Crippen MR) is 75.2 cm³/mol. The molecule has 0 saturated heterocycles. The second-order valence-electron chi connectivity index (χ2n) is 4.31. The quantitative estimate of drug-likeness (QED) is 0.780. The zero-order valence-electron chi connectivity index (χ0n) is 10.3. The first-order chi connectivity index (χ1) is 8.93. The first kappa shape index (κ1) is 14.2. The molecule has 3 nitrogen and oxygen atoms in total. The molecule has 19 heavy (non-hydrogen) atoms. The van der Waals surface area contributed by atoms with E-state index in [1.807, 2.05) is 13.8 Å². The van der Waals surface area contributed by atoms with Crippen molar-refractivity contribution < 1.29 is 9.18 Å². The summed E-state index contributed by atoms with van der Waals surface area (Å²) >= 11 is 9.05. The number of rotatable bonds is 3. The second-order valence-corrected chi connectivity index (χ2v) is 5.57. The van der Waals surface area contributed by atoms with Crippen molar-refractivity contribution in [3.05, 3.63) is 51.0 Å². The highest BCUT2D eigenvalue weighted by atomic mass is 79.9. The lowest BCUT2D eigenvalue weighted by molar-refractivity contribution is 0.102. The molecule has 1 aromatic heterocycles. The largest absolute Gasteiger partial charge is 0.287 e. The van der Waals surface area contributed by atoms with Gasteiger partial charge >= 0.3 is 0 Å². The molecule has 0 N–H and O–H groups in total. The van der Waals surface area contributed by atoms with Crippen LogP contribution in [0, 0.1) is 5.82 Å². The molecule has 0 bridgehead atoms. The van der Waals surface area contributed by atoms with Crippen LogP contribution in [0.15, 0.2) is 28.9 Å². The second kappa shape index (κ2) is 5.43. The average Bonchev–Trinajstić information content (AvgIpc) is 2.74. The summed E-state index contributed by atoms with van der Waals surface area (Å²) in [6, 6.07) is 4.52. The van der Waals surface area contributed by atoms with Gasteiger partial charge in [0.1, 0.15) is 11.5 Å². The Morgan fingerprint density at radius 3 is 2.79 bits per heavy atom. The van der Waals surface area contributed by atoms with Crippen LogP contribution in [0.25, 0.3) is 0 Å². The Balaban J connectivity index is 2.56. The van der Waals surface area contributed by atoms with Crippen molar-refractivity contribution in [2.45, 2.75) is 19.9 Å². The fourth-order valence-electron chi connectivity index (χ4n) is 1.75. The number of hydrogen-bond donors (Lipinski definition) is 0. The van der Waals surface area contributed by atoms with Gasteiger partial charge in [0.2, 0.25) is 5.78 Å². The number of aromatic nitrogens is 2. The molecule has 0 amide bonds. The van der Waals surface area contributed by atoms with Crippen LogP contribution >= 0.6 is 27.5 Å². The average molecular weight is 346 g/mol. The zero-order chi connectivity index (χ0) is 14.2. The first-order valence-electron chi connectivity index (χ1n) is 5.65. The molecule has 0 atom stereocenters. The van der Waals surface area contributed by atoms with Gasteiger partial charge in [0.05, 0.1) is 21.3 Å². The molecule has 0 aliphatic rings. The van der Waals surface area contributed by atoms with Crippen molar-refractivity contribution in [2.75, 3.05) is 0 Å². The van der Waals surface area contributed by atoms with Crippen molar-refractivity contribution >= 4 is 33.3 Å². The molecule has 1 aromatic carbocycles. The minimum Gasteiger partial charge on any atom is -0.287 e. The normalized spacial score (nSPS) is 11.1. The molecule has 0 spiro atoms. The Morgan fingerprint density at radius 1 is 1.47 bits per heavy atom. The Labute approximate surface area is 123 Å². The van der Waals surface area contributed by atoms with E-state index in [1.54, 1.807) is 6.07 Å². The summed E-state index contributed by atoms with van der Waals surface area (Å²) in [7, 11) is 0. The fourth-order valence-corrected chi connectivity index (χ4v) is 2.33. The van der Waals surface area contributed by atoms with E-state index in [1.165, 1.54) is 23.0 Å². The number of hydrogen-bond acceptors (Lipinski definition) is 2. The fraction of sp³-hybridized carbons (Fsp3) is 0.231. The summed E-state index contributed by atoms with van der Waals surface area (Å²) in [5.41, 5.74) is 0.173. The summed E-state index contributed by atoms with van der Waals surface area (Å²) in [5.74, 6) is -1.07. The SMILES string of the molecule is CC(C)n1ncc(Cl)c1C(=O)c1cccc(Br)c1F. The van der Waals surface area contributed by atoms with Crippen LogP contribution in [0.3, 0.4) is 0 Å². The molecule has 6 heteroatoms. The highest BCUT2D eigenvalue weighted by Gasteiger charge is 2.23. The standard InChI is InChI=1S/C13H11BrClFN2O/c1-7(2)18-12(10(15)6-17-18)13(19)8-4-3-5-9(14)11(8)16/h3-7H,1-2H3. The van der Waals surface area contributed by atoms with E-state index in [0.717, 1.165) is 0 Å². The molecule has 2 rings (SSSR count). The Kier molecular flexibility index (Phi) is 4.06. The Morgan fingerprint density at radius 2 is 2.16 bits per heavy atom. The van der Waals surface area contributed by atoms with Gasteiger partial charge < -0.3 is 0 Å². The smallest absolute Gasteiger partial charge is 0.215 e. The highest BCUT2D eigenvalue weighted by molar-refractivity contribution is 9.10. The maximum absolute atomic E-state index is 14.0. The van der Waals surface area contributed by atoms with Crippen molar-refractivity contribution in [1.29, 1.82) is 0 Å². The topological polar surface area (TPSA) is 34.9 Å². The third-order valence-electron chi connectivity index (χ3n) is 2.65. The lowest BCUT2D eigenvalue weighted by atomic mass is 10.1. The summed E-state index contributed by atoms with van der Waals surface area (Å²) in [5, 5.41) is 4.26. The zero-order valence-corrected chi connectivity index (χ0v) is 12.7. The van der Waals surface area contributed by atoms with Gasteiger partial charge in [-0.25, -0.2) is 4.39 Å². The minimum atomic E-state index is -0.597. The van der Waals surface area contributed by atoms with Gasteiger partial charge in [-0.05, 0) is 41.9 Å². The maximum Gasteiger partial charge on any atom is 0.215 e. The Bertz CT molecular complexity index is 640. The van der Waals surface area contributed by atoms with E-state index in [9.17, 15) is 9.18 Å². The van der Waals surface area contributed by atoms with Crippen LogP contribution < -0.4 is 0 Å². The van der Waals surface area contributed by atoms with E-state index >= 15 is 0 Å². The van der Waals surface area contributed by atoms with Gasteiger partial charge in [-0.3, -0.25) is 9.48 Å². The first-order valence-corrected chi connectivity index (χ1v) is 6.82. The number of carbonyl (C=O) groups is 1. The molecular weight excluding hydrogens is 335 g/mol. The molecule has 0 fully saturated rings. The highest BCUT2D eigenvalue weighted by Crippen LogP contribution is 2.25. The van der Waals surface area contributed by atoms with E-state index in [4.69, 9.17) is 11.6 Å². The number of benzene rings is 1. The number of halogens is 3. The molecule has 1 heterocycles. The lowest BCUT2D eigenvalue weighted by Gasteiger charge is -2.11. The van der Waals surface area contributed by atoms with E-state index in [-0.39, 0.29) is 26.8 Å². The lowest BCUT2D eigenvalue weighted by Crippen LogP contribution is -2.15. The van der Waals surface area contributed by atoms with Gasteiger partial charge in [0, 0.05) is 6.04 Å². The number of nitrogens with zero attached hydrogens (tertiary/aromatic N) is 2. The molecule has 100 valence electrons. The molecule has 0 saturated carbocycles. The van der Waals surface area contributed by atoms with Crippen LogP contribution in [0.1, 0.15) is 35.9 Å². The van der Waals surface area contributed by atoms with Crippen LogP contribution in [0.2, 0.25) is 5.02 Å². The van der Waals surface area contributed by atoms with Gasteiger partial charge in [-0.15, -0.1) is 0 Å². The van der Waals surface area contributed by atoms with Crippen molar-refractivity contribution in [3.8, 4) is 0 Å². The molecule has 0 unspecified atom stereocenters. The van der Waals surface area contributed by atoms with Crippen LogP contribution in [-0.4, -0.2) is 15.6 Å². The Hall–Kier alpha value is -1.20. The monoisotopic (exact) mass is 344 g/mol. The van der Waals surface area contributed by atoms with Crippen LogP contribution in [0.4, 0.5) is 4.39 Å². The van der Waals surface area contributed by atoms with Gasteiger partial charge in [-0.2, -0.15) is 5.10 Å². The van der Waals surface area contributed by atoms with E-state index in [0.29, 0.717) is 0 Å². The summed E-state index contributed by atoms with van der Waals surface area (Å²) < 4.78 is 15.7.